The lowest BCUT2D eigenvalue weighted by atomic mass is 9.83. The number of allylic oxidation sites excluding steroid dienone is 5. The van der Waals surface area contributed by atoms with Crippen LogP contribution in [0.4, 0.5) is 4.79 Å². The highest BCUT2D eigenvalue weighted by Crippen LogP contribution is 2.30. The van der Waals surface area contributed by atoms with Crippen LogP contribution in [0.3, 0.4) is 0 Å². The number of fused-ring (bicyclic) bond motifs is 2. The highest BCUT2D eigenvalue weighted by atomic mass is 16.6. The number of nitrogens with one attached hydrogen (secondary N) is 1. The molecule has 0 saturated carbocycles. The average Bonchev–Trinajstić information content (AvgIpc) is 2.88. The first-order valence-corrected chi connectivity index (χ1v) is 13.3. The van der Waals surface area contributed by atoms with Gasteiger partial charge in [0, 0.05) is 50.4 Å². The Morgan fingerprint density at radius 2 is 1.62 bits per heavy atom. The summed E-state index contributed by atoms with van der Waals surface area (Å²) in [5, 5.41) is 2.56. The van der Waals surface area contributed by atoms with Crippen LogP contribution in [-0.2, 0) is 33.3 Å². The fraction of sp³-hybridized carbons (Fsp3) is 0.533. The molecule has 2 aliphatic rings. The van der Waals surface area contributed by atoms with E-state index in [4.69, 9.17) is 24.7 Å². The number of hydrogen-bond donors (Lipinski definition) is 2. The average molecular weight is 559 g/mol. The van der Waals surface area contributed by atoms with E-state index in [1.165, 1.54) is 13.2 Å². The van der Waals surface area contributed by atoms with Crippen molar-refractivity contribution in [3.05, 3.63) is 58.9 Å². The lowest BCUT2D eigenvalue weighted by molar-refractivity contribution is -0.120. The maximum Gasteiger partial charge on any atom is 0.405 e. The summed E-state index contributed by atoms with van der Waals surface area (Å²) in [6.45, 7) is 9.17. The molecule has 0 fully saturated rings. The molecule has 1 aliphatic carbocycles. The molecule has 0 radical (unpaired) electrons. The van der Waals surface area contributed by atoms with Gasteiger partial charge in [-0.3, -0.25) is 14.4 Å². The van der Waals surface area contributed by atoms with Gasteiger partial charge in [0.05, 0.1) is 24.0 Å². The van der Waals surface area contributed by atoms with Crippen molar-refractivity contribution in [1.82, 2.24) is 5.32 Å². The van der Waals surface area contributed by atoms with E-state index in [0.717, 1.165) is 11.6 Å². The molecule has 1 aliphatic heterocycles. The number of ether oxygens (including phenoxy) is 4. The quantitative estimate of drug-likeness (QED) is 0.395. The highest BCUT2D eigenvalue weighted by molar-refractivity contribution is 6.22. The van der Waals surface area contributed by atoms with Crippen LogP contribution in [0.2, 0.25) is 0 Å². The molecular weight excluding hydrogens is 516 g/mol. The molecule has 0 aromatic carbocycles. The summed E-state index contributed by atoms with van der Waals surface area (Å²) in [7, 11) is 4.64. The molecule has 0 aromatic heterocycles. The van der Waals surface area contributed by atoms with E-state index in [-0.39, 0.29) is 29.0 Å². The molecule has 220 valence electrons. The second-order valence-electron chi connectivity index (χ2n) is 10.4. The van der Waals surface area contributed by atoms with Gasteiger partial charge in [0.1, 0.15) is 6.10 Å². The van der Waals surface area contributed by atoms with Gasteiger partial charge in [0.15, 0.2) is 5.78 Å². The van der Waals surface area contributed by atoms with Crippen LogP contribution in [0, 0.1) is 17.8 Å². The first-order valence-electron chi connectivity index (χ1n) is 13.3. The fourth-order valence-corrected chi connectivity index (χ4v) is 5.27. The zero-order valence-electron chi connectivity index (χ0n) is 24.6. The number of amides is 2. The van der Waals surface area contributed by atoms with E-state index in [0.29, 0.717) is 12.0 Å². The molecule has 3 N–H and O–H groups in total. The van der Waals surface area contributed by atoms with E-state index in [1.54, 1.807) is 39.4 Å². The van der Waals surface area contributed by atoms with E-state index in [9.17, 15) is 19.2 Å². The number of carbonyl (C=O) groups excluding carboxylic acids is 4. The minimum absolute atomic E-state index is 0.119. The highest BCUT2D eigenvalue weighted by Gasteiger charge is 2.36. The normalized spacial score (nSPS) is 34.4. The summed E-state index contributed by atoms with van der Waals surface area (Å²) in [4.78, 5) is 50.5. The zero-order chi connectivity index (χ0) is 30.1. The van der Waals surface area contributed by atoms with Crippen LogP contribution in [0.5, 0.6) is 0 Å². The minimum Gasteiger partial charge on any atom is -0.441 e. The van der Waals surface area contributed by atoms with Crippen LogP contribution >= 0.6 is 0 Å². The second kappa shape index (κ2) is 14.9. The van der Waals surface area contributed by atoms with Crippen molar-refractivity contribution in [2.45, 2.75) is 65.5 Å². The summed E-state index contributed by atoms with van der Waals surface area (Å²) in [5.41, 5.74) is 6.49. The summed E-state index contributed by atoms with van der Waals surface area (Å²) in [5.74, 6) is -2.19. The predicted molar refractivity (Wildman–Crippen MR) is 150 cm³/mol. The number of Topliss-reactive ketones (excluding diaryl/α,β-unsaturated/α-hetero) is 1. The third kappa shape index (κ3) is 8.33. The number of carbonyl (C=O) groups is 4. The van der Waals surface area contributed by atoms with Gasteiger partial charge in [-0.05, 0) is 37.8 Å². The lowest BCUT2D eigenvalue weighted by Gasteiger charge is -2.34. The molecule has 7 atom stereocenters. The Morgan fingerprint density at radius 3 is 2.20 bits per heavy atom. The van der Waals surface area contributed by atoms with Crippen molar-refractivity contribution in [2.24, 2.45) is 23.5 Å². The van der Waals surface area contributed by atoms with E-state index in [2.05, 4.69) is 5.32 Å². The number of nitrogens with two attached hydrogens (primary N) is 1. The molecular formula is C30H42N2O8. The Kier molecular flexibility index (Phi) is 12.2. The van der Waals surface area contributed by atoms with Gasteiger partial charge in [-0.1, -0.05) is 45.1 Å². The Labute approximate surface area is 236 Å². The van der Waals surface area contributed by atoms with E-state index >= 15 is 0 Å². The number of rotatable bonds is 4. The van der Waals surface area contributed by atoms with Crippen molar-refractivity contribution in [2.75, 3.05) is 21.3 Å². The van der Waals surface area contributed by atoms with Crippen molar-refractivity contribution in [3.8, 4) is 0 Å². The van der Waals surface area contributed by atoms with E-state index in [1.807, 2.05) is 33.8 Å². The monoisotopic (exact) mass is 558 g/mol. The first kappa shape index (κ1) is 32.9. The van der Waals surface area contributed by atoms with Crippen LogP contribution in [-0.4, -0.2) is 69.3 Å². The standard InChI is InChI=1S/C30H42N2O8/c1-16-10-9-11-17(2)29(35)32-23-15-21(33)14-22(25(23)34)27(38-7)20(5)13-24(37-6)28(39-8)19(4)12-18(3)26(16)40-30(31)36/h9-12,14-16,19-20,24,26-28H,13H2,1-8H3,(H2,31,36)(H,32,35)/b10-9+,17-11+,18-12+/t16-,19-,20-,24-,26+,27+,28+/m0/s1. The molecule has 10 nitrogen and oxygen atoms in total. The summed E-state index contributed by atoms with van der Waals surface area (Å²) >= 11 is 0. The molecule has 0 spiro atoms. The predicted octanol–water partition coefficient (Wildman–Crippen LogP) is 3.33. The Balaban J connectivity index is 2.62. The van der Waals surface area contributed by atoms with Gasteiger partial charge >= 0.3 is 6.09 Å². The van der Waals surface area contributed by atoms with Crippen LogP contribution in [0.15, 0.2) is 58.9 Å². The van der Waals surface area contributed by atoms with Crippen molar-refractivity contribution in [3.63, 3.8) is 0 Å². The Bertz CT molecular complexity index is 1130. The van der Waals surface area contributed by atoms with Gasteiger partial charge < -0.3 is 30.0 Å². The van der Waals surface area contributed by atoms with E-state index < -0.39 is 48.0 Å². The fourth-order valence-electron chi connectivity index (χ4n) is 5.27. The van der Waals surface area contributed by atoms with Gasteiger partial charge in [-0.2, -0.15) is 0 Å². The number of methoxy groups -OCH3 is 3. The summed E-state index contributed by atoms with van der Waals surface area (Å²) in [6.07, 6.45) is 6.65. The smallest absolute Gasteiger partial charge is 0.405 e. The minimum atomic E-state index is -0.902. The summed E-state index contributed by atoms with van der Waals surface area (Å²) < 4.78 is 22.9. The van der Waals surface area contributed by atoms with Gasteiger partial charge in [-0.15, -0.1) is 0 Å². The third-order valence-corrected chi connectivity index (χ3v) is 7.29. The number of ketones is 2. The SMILES string of the molecule is CO[C@H]1[C@@H](OC)C[C@H](C)[C@@H](OC)C2=CC(=O)C=C(NC(=O)/C(C)=C/C=C/[C@H](C)[C@@H](OC(N)=O)/C(C)=C/[C@@H]1C)C2=O. The topological polar surface area (TPSA) is 143 Å². The van der Waals surface area contributed by atoms with Gasteiger partial charge in [0.2, 0.25) is 5.78 Å². The van der Waals surface area contributed by atoms with Gasteiger partial charge in [0.25, 0.3) is 5.91 Å². The zero-order valence-corrected chi connectivity index (χ0v) is 24.6. The maximum absolute atomic E-state index is 13.4. The van der Waals surface area contributed by atoms with Crippen LogP contribution in [0.1, 0.15) is 41.0 Å². The van der Waals surface area contributed by atoms with Crippen LogP contribution < -0.4 is 11.1 Å². The Hall–Kier alpha value is -3.34. The van der Waals surface area contributed by atoms with Crippen molar-refractivity contribution >= 4 is 23.6 Å². The molecule has 40 heavy (non-hydrogen) atoms. The summed E-state index contributed by atoms with van der Waals surface area (Å²) in [6, 6.07) is 0. The molecule has 0 unspecified atom stereocenters. The largest absolute Gasteiger partial charge is 0.441 e. The molecule has 2 amide bonds. The second-order valence-corrected chi connectivity index (χ2v) is 10.4. The molecule has 0 saturated heterocycles. The van der Waals surface area contributed by atoms with Gasteiger partial charge in [-0.25, -0.2) is 4.79 Å². The van der Waals surface area contributed by atoms with Crippen molar-refractivity contribution < 1.29 is 38.1 Å². The lowest BCUT2D eigenvalue weighted by Crippen LogP contribution is -2.40. The maximum atomic E-state index is 13.4. The molecule has 1 heterocycles. The molecule has 10 heteroatoms. The van der Waals surface area contributed by atoms with Crippen molar-refractivity contribution in [1.29, 1.82) is 0 Å². The third-order valence-electron chi connectivity index (χ3n) is 7.29. The van der Waals surface area contributed by atoms with Crippen LogP contribution in [0.25, 0.3) is 0 Å². The molecule has 2 rings (SSSR count). The number of primary amides is 1. The Morgan fingerprint density at radius 1 is 0.950 bits per heavy atom. The number of hydrogen-bond acceptors (Lipinski definition) is 8. The first-order chi connectivity index (χ1) is 18.8. The molecule has 0 aromatic rings. The molecule has 2 bridgehead atoms.